The van der Waals surface area contributed by atoms with Crippen molar-refractivity contribution in [3.63, 3.8) is 0 Å². The molecule has 2 atom stereocenters. The molecule has 2 bridgehead atoms. The molecule has 3 rings (SSSR count). The van der Waals surface area contributed by atoms with Crippen molar-refractivity contribution < 1.29 is 45.6 Å². The quantitative estimate of drug-likeness (QED) is 0.386. The minimum Gasteiger partial charge on any atom is -0.461 e. The molecule has 1 aromatic rings. The van der Waals surface area contributed by atoms with Crippen LogP contribution >= 0.6 is 0 Å². The first-order chi connectivity index (χ1) is 15.3. The number of fused-ring (bicyclic) bond motifs is 4. The van der Waals surface area contributed by atoms with E-state index in [2.05, 4.69) is 4.98 Å². The zero-order valence-corrected chi connectivity index (χ0v) is 21.1. The fraction of sp³-hybridized carbons (Fsp3) is 0.632. The van der Waals surface area contributed by atoms with E-state index in [4.69, 9.17) is 36.0 Å². The predicted octanol–water partition coefficient (Wildman–Crippen LogP) is 1.03. The van der Waals surface area contributed by atoms with Crippen molar-refractivity contribution in [2.75, 3.05) is 49.3 Å². The van der Waals surface area contributed by atoms with Crippen molar-refractivity contribution >= 4 is 29.5 Å². The summed E-state index contributed by atoms with van der Waals surface area (Å²) in [5, 5.41) is 0. The highest BCUT2D eigenvalue weighted by atomic mass is 28.4. The highest BCUT2D eigenvalue weighted by Gasteiger charge is 2.53. The van der Waals surface area contributed by atoms with Gasteiger partial charge in [-0.25, -0.2) is 14.6 Å². The van der Waals surface area contributed by atoms with E-state index in [0.29, 0.717) is 24.0 Å². The summed E-state index contributed by atoms with van der Waals surface area (Å²) in [6.07, 6.45) is 1.32. The predicted molar refractivity (Wildman–Crippen MR) is 113 cm³/mol. The number of nitrogens with zero attached hydrogens (tertiary/aromatic N) is 1. The highest BCUT2D eigenvalue weighted by molar-refractivity contribution is 6.62. The molecule has 1 aromatic heterocycles. The second kappa shape index (κ2) is 10.0. The second-order valence-electron chi connectivity index (χ2n) is 7.27. The van der Waals surface area contributed by atoms with Gasteiger partial charge in [-0.05, 0) is 30.0 Å². The molecular formula is C19H29NO10Si2. The number of carbonyl (C=O) groups is 2. The molecule has 11 nitrogen and oxygen atoms in total. The van der Waals surface area contributed by atoms with Crippen LogP contribution < -0.4 is 0 Å². The van der Waals surface area contributed by atoms with E-state index >= 15 is 0 Å². The Morgan fingerprint density at radius 3 is 2.03 bits per heavy atom. The molecule has 1 aliphatic heterocycles. The number of ether oxygens (including phenoxy) is 2. The lowest BCUT2D eigenvalue weighted by Gasteiger charge is -2.32. The zero-order chi connectivity index (χ0) is 23.5. The van der Waals surface area contributed by atoms with Crippen LogP contribution in [0.1, 0.15) is 50.5 Å². The smallest absolute Gasteiger partial charge is 0.461 e. The minimum absolute atomic E-state index is 0.0291. The molecule has 178 valence electrons. The van der Waals surface area contributed by atoms with Gasteiger partial charge in [0.25, 0.3) is 0 Å². The maximum atomic E-state index is 13.1. The molecule has 0 N–H and O–H groups in total. The Kier molecular flexibility index (Phi) is 7.82. The molecule has 0 saturated heterocycles. The van der Waals surface area contributed by atoms with Crippen LogP contribution in [-0.4, -0.2) is 89.5 Å². The van der Waals surface area contributed by atoms with E-state index < -0.39 is 35.3 Å². The lowest BCUT2D eigenvalue weighted by molar-refractivity contribution is 0.00197. The Bertz CT molecular complexity index is 842. The van der Waals surface area contributed by atoms with Gasteiger partial charge < -0.3 is 36.0 Å². The van der Waals surface area contributed by atoms with Crippen LogP contribution in [0.15, 0.2) is 6.07 Å². The van der Waals surface area contributed by atoms with Crippen molar-refractivity contribution in [3.05, 3.63) is 28.6 Å². The van der Waals surface area contributed by atoms with Crippen LogP contribution in [0.2, 0.25) is 0 Å². The Morgan fingerprint density at radius 2 is 1.47 bits per heavy atom. The van der Waals surface area contributed by atoms with Crippen molar-refractivity contribution in [1.82, 2.24) is 4.98 Å². The molecule has 0 saturated carbocycles. The fourth-order valence-electron chi connectivity index (χ4n) is 4.40. The number of cyclic esters (lactones) is 2. The molecule has 0 radical (unpaired) electrons. The van der Waals surface area contributed by atoms with Crippen LogP contribution in [0.3, 0.4) is 0 Å². The summed E-state index contributed by atoms with van der Waals surface area (Å²) in [5.74, 6) is -1.34. The molecule has 0 spiro atoms. The number of carbonyl (C=O) groups excluding carboxylic acids is 2. The first-order valence-electron chi connectivity index (χ1n) is 10.1. The van der Waals surface area contributed by atoms with E-state index in [-0.39, 0.29) is 30.0 Å². The lowest BCUT2D eigenvalue weighted by atomic mass is 10.1. The first kappa shape index (κ1) is 24.9. The summed E-state index contributed by atoms with van der Waals surface area (Å²) >= 11 is 0. The van der Waals surface area contributed by atoms with E-state index in [9.17, 15) is 9.59 Å². The third kappa shape index (κ3) is 4.14. The first-order valence-corrected chi connectivity index (χ1v) is 13.7. The van der Waals surface area contributed by atoms with Crippen molar-refractivity contribution in [1.29, 1.82) is 0 Å². The van der Waals surface area contributed by atoms with Crippen molar-refractivity contribution in [2.45, 2.75) is 30.5 Å². The van der Waals surface area contributed by atoms with Crippen LogP contribution in [0.4, 0.5) is 0 Å². The van der Waals surface area contributed by atoms with Gasteiger partial charge in [-0.1, -0.05) is 0 Å². The third-order valence-electron chi connectivity index (χ3n) is 6.01. The van der Waals surface area contributed by atoms with E-state index in [1.807, 2.05) is 0 Å². The molecular weight excluding hydrogens is 458 g/mol. The summed E-state index contributed by atoms with van der Waals surface area (Å²) < 4.78 is 44.6. The highest BCUT2D eigenvalue weighted by Crippen LogP contribution is 2.42. The number of pyridine rings is 1. The maximum absolute atomic E-state index is 13.1. The van der Waals surface area contributed by atoms with Crippen LogP contribution in [-0.2, 0) is 42.5 Å². The van der Waals surface area contributed by atoms with Gasteiger partial charge in [-0.2, -0.15) is 0 Å². The average Bonchev–Trinajstić information content (AvgIpc) is 3.25. The maximum Gasteiger partial charge on any atom is 0.543 e. The molecule has 0 amide bonds. The van der Waals surface area contributed by atoms with Gasteiger partial charge in [0.1, 0.15) is 5.69 Å². The van der Waals surface area contributed by atoms with Gasteiger partial charge in [0, 0.05) is 49.1 Å². The number of esters is 2. The lowest BCUT2D eigenvalue weighted by Crippen LogP contribution is -2.56. The molecule has 0 aromatic carbocycles. The van der Waals surface area contributed by atoms with Gasteiger partial charge in [-0.15, -0.1) is 0 Å². The largest absolute Gasteiger partial charge is 0.543 e. The summed E-state index contributed by atoms with van der Waals surface area (Å²) in [6.45, 7) is -0.0291. The molecule has 32 heavy (non-hydrogen) atoms. The molecule has 2 aliphatic rings. The average molecular weight is 488 g/mol. The van der Waals surface area contributed by atoms with Gasteiger partial charge in [0.2, 0.25) is 0 Å². The van der Waals surface area contributed by atoms with E-state index in [1.54, 1.807) is 6.07 Å². The van der Waals surface area contributed by atoms with Gasteiger partial charge in [-0.3, -0.25) is 0 Å². The topological polar surface area (TPSA) is 121 Å². The van der Waals surface area contributed by atoms with Crippen LogP contribution in [0.5, 0.6) is 0 Å². The summed E-state index contributed by atoms with van der Waals surface area (Å²) in [7, 11) is 2.33. The Labute approximate surface area is 188 Å². The van der Waals surface area contributed by atoms with E-state index in [1.165, 1.54) is 42.7 Å². The number of hydrogen-bond donors (Lipinski definition) is 0. The molecule has 2 unspecified atom stereocenters. The SMILES string of the molecule is CO[Si](OC)(OC)C1CCOC(=O)c2nc(cc3c2CCC3[Si](OC)(OC)OC)C(=O)O1. The number of hydrogen-bond acceptors (Lipinski definition) is 11. The Balaban J connectivity index is 2.09. The van der Waals surface area contributed by atoms with Gasteiger partial charge in [0.15, 0.2) is 11.4 Å². The normalized spacial score (nSPS) is 21.7. The zero-order valence-electron chi connectivity index (χ0n) is 19.1. The van der Waals surface area contributed by atoms with E-state index in [0.717, 1.165) is 0 Å². The third-order valence-corrected chi connectivity index (χ3v) is 12.1. The van der Waals surface area contributed by atoms with Crippen LogP contribution in [0, 0.1) is 0 Å². The fourth-order valence-corrected chi connectivity index (χ4v) is 8.90. The van der Waals surface area contributed by atoms with Crippen LogP contribution in [0.25, 0.3) is 0 Å². The number of rotatable bonds is 8. The Hall–Kier alpha value is -1.72. The molecule has 13 heteroatoms. The summed E-state index contributed by atoms with van der Waals surface area (Å²) in [6, 6.07) is 1.61. The Morgan fingerprint density at radius 1 is 0.875 bits per heavy atom. The minimum atomic E-state index is -3.38. The second-order valence-corrected chi connectivity index (χ2v) is 13.5. The summed E-state index contributed by atoms with van der Waals surface area (Å²) in [5.41, 5.74) is 0.304. The van der Waals surface area contributed by atoms with Gasteiger partial charge in [0.05, 0.1) is 12.1 Å². The van der Waals surface area contributed by atoms with Gasteiger partial charge >= 0.3 is 29.5 Å². The number of aromatic nitrogens is 1. The van der Waals surface area contributed by atoms with Crippen molar-refractivity contribution in [2.24, 2.45) is 0 Å². The standard InChI is InChI=1S/C19H29NO10Si2/c1-23-31(24-2,25-3)15-8-7-12-13(15)11-14-18(21)30-16(32(26-4,27-5)28-6)9-10-29-19(22)17(12)20-14/h11,15-16H,7-10H2,1-6H3. The monoisotopic (exact) mass is 487 g/mol. The molecule has 2 heterocycles. The molecule has 0 fully saturated rings. The summed E-state index contributed by atoms with van der Waals surface area (Å²) in [4.78, 5) is 30.3. The van der Waals surface area contributed by atoms with Crippen molar-refractivity contribution in [3.8, 4) is 0 Å². The molecule has 1 aliphatic carbocycles.